The lowest BCUT2D eigenvalue weighted by Gasteiger charge is -2.63. The average molecular weight is 739 g/mol. The quantitative estimate of drug-likeness (QED) is 0.130. The van der Waals surface area contributed by atoms with E-state index in [1.807, 2.05) is 22.2 Å². The molecule has 8 nitrogen and oxygen atoms in total. The fourth-order valence-electron chi connectivity index (χ4n) is 13.2. The van der Waals surface area contributed by atoms with Crippen molar-refractivity contribution in [2.75, 3.05) is 13.1 Å². The fourth-order valence-corrected chi connectivity index (χ4v) is 13.3. The zero-order valence-corrected chi connectivity index (χ0v) is 31.1. The molecule has 0 spiro atoms. The third-order valence-corrected chi connectivity index (χ3v) is 14.8. The molecule has 11 rings (SSSR count). The Kier molecular flexibility index (Phi) is 8.45. The standard InChI is InChI=1S/C44H51ClN2O6/c45-35-5-3-34(4-6-35)43-22-32-16-33(23-43)25-44(24-32,26-43)41(53)47(12-10-28-2-8-37(49)39(51)18-28)46(11-9-27-1-7-36(48)38(50)17-27)40(52)42-19-29-13-30(20-42)15-31(14-29)21-42/h1-8,17-18,29-33,48-51H,9-16,19-26H2. The number of halogens is 1. The molecule has 280 valence electrons. The number of nitrogens with zero attached hydrogens (tertiary/aromatic N) is 2. The summed E-state index contributed by atoms with van der Waals surface area (Å²) in [5, 5.41) is 45.2. The molecule has 0 aromatic heterocycles. The number of hydrogen-bond donors (Lipinski definition) is 4. The van der Waals surface area contributed by atoms with Gasteiger partial charge in [0, 0.05) is 18.1 Å². The zero-order valence-electron chi connectivity index (χ0n) is 30.4. The molecule has 2 unspecified atom stereocenters. The number of benzene rings is 3. The largest absolute Gasteiger partial charge is 0.504 e. The van der Waals surface area contributed by atoms with Gasteiger partial charge in [-0.2, -0.15) is 0 Å². The molecule has 3 aromatic carbocycles. The third-order valence-electron chi connectivity index (χ3n) is 14.5. The van der Waals surface area contributed by atoms with Gasteiger partial charge in [-0.1, -0.05) is 35.9 Å². The molecule has 2 amide bonds. The minimum Gasteiger partial charge on any atom is -0.504 e. The summed E-state index contributed by atoms with van der Waals surface area (Å²) in [5.74, 6) is 1.78. The van der Waals surface area contributed by atoms with Gasteiger partial charge in [0.25, 0.3) is 0 Å². The van der Waals surface area contributed by atoms with E-state index in [0.29, 0.717) is 47.5 Å². The Balaban J connectivity index is 1.11. The second-order valence-corrected chi connectivity index (χ2v) is 18.7. The maximum Gasteiger partial charge on any atom is 0.247 e. The van der Waals surface area contributed by atoms with Crippen LogP contribution >= 0.6 is 11.6 Å². The third kappa shape index (κ3) is 6.13. The molecule has 0 saturated heterocycles. The average Bonchev–Trinajstić information content (AvgIpc) is 3.11. The van der Waals surface area contributed by atoms with Crippen LogP contribution in [-0.2, 0) is 27.8 Å². The van der Waals surface area contributed by atoms with Crippen LogP contribution in [0.3, 0.4) is 0 Å². The molecule has 2 atom stereocenters. The topological polar surface area (TPSA) is 122 Å². The van der Waals surface area contributed by atoms with Gasteiger partial charge < -0.3 is 20.4 Å². The van der Waals surface area contributed by atoms with Crippen LogP contribution in [0.1, 0.15) is 93.7 Å². The predicted octanol–water partition coefficient (Wildman–Crippen LogP) is 8.27. The van der Waals surface area contributed by atoms with Crippen molar-refractivity contribution in [2.24, 2.45) is 40.4 Å². The first-order valence-electron chi connectivity index (χ1n) is 19.8. The SMILES string of the molecule is O=C(N(CCc1ccc(O)c(O)c1)N(CCc1ccc(O)c(O)c1)C(=O)C12CC3CC(C1)CC(c1ccc(Cl)cc1)(C3)C2)C12CC3CC(CC(C3)C1)C2. The van der Waals surface area contributed by atoms with Crippen LogP contribution in [0.2, 0.25) is 5.02 Å². The first kappa shape index (κ1) is 34.8. The van der Waals surface area contributed by atoms with Crippen molar-refractivity contribution in [1.82, 2.24) is 10.0 Å². The monoisotopic (exact) mass is 738 g/mol. The van der Waals surface area contributed by atoms with Gasteiger partial charge in [0.1, 0.15) is 0 Å². The second kappa shape index (κ2) is 12.9. The predicted molar refractivity (Wildman–Crippen MR) is 201 cm³/mol. The van der Waals surface area contributed by atoms with E-state index < -0.39 is 10.8 Å². The van der Waals surface area contributed by atoms with E-state index in [0.717, 1.165) is 68.9 Å². The number of phenols is 4. The van der Waals surface area contributed by atoms with Crippen LogP contribution in [0, 0.1) is 40.4 Å². The molecule has 0 aliphatic heterocycles. The number of rotatable bonds is 9. The maximum absolute atomic E-state index is 15.8. The molecule has 8 bridgehead atoms. The van der Waals surface area contributed by atoms with E-state index in [-0.39, 0.29) is 53.3 Å². The minimum absolute atomic E-state index is 0.0274. The summed E-state index contributed by atoms with van der Waals surface area (Å²) in [7, 11) is 0. The van der Waals surface area contributed by atoms with E-state index in [2.05, 4.69) is 12.1 Å². The lowest BCUT2D eigenvalue weighted by atomic mass is 9.42. The molecule has 4 N–H and O–H groups in total. The number of amides is 2. The van der Waals surface area contributed by atoms with Crippen molar-refractivity contribution in [2.45, 2.75) is 95.3 Å². The highest BCUT2D eigenvalue weighted by molar-refractivity contribution is 6.30. The van der Waals surface area contributed by atoms with Gasteiger partial charge in [0.05, 0.1) is 10.8 Å². The molecule has 0 radical (unpaired) electrons. The summed E-state index contributed by atoms with van der Waals surface area (Å²) in [6, 6.07) is 17.8. The summed E-state index contributed by atoms with van der Waals surface area (Å²) >= 11 is 6.36. The number of carbonyl (C=O) groups excluding carboxylic acids is 2. The Morgan fingerprint density at radius 3 is 1.47 bits per heavy atom. The maximum atomic E-state index is 15.8. The van der Waals surface area contributed by atoms with E-state index in [1.54, 1.807) is 24.3 Å². The van der Waals surface area contributed by atoms with Crippen molar-refractivity contribution in [3.8, 4) is 23.0 Å². The Hall–Kier alpha value is -3.91. The molecule has 8 saturated carbocycles. The number of aromatic hydroxyl groups is 4. The molecular weight excluding hydrogens is 688 g/mol. The summed E-state index contributed by atoms with van der Waals surface area (Å²) < 4.78 is 0. The first-order valence-corrected chi connectivity index (χ1v) is 20.2. The number of phenolic OH excluding ortho intramolecular Hbond substituents is 4. The normalized spacial score (nSPS) is 33.3. The van der Waals surface area contributed by atoms with Crippen molar-refractivity contribution >= 4 is 23.4 Å². The highest BCUT2D eigenvalue weighted by atomic mass is 35.5. The van der Waals surface area contributed by atoms with Gasteiger partial charge in [0.15, 0.2) is 23.0 Å². The van der Waals surface area contributed by atoms with Crippen molar-refractivity contribution in [3.05, 3.63) is 82.4 Å². The summed E-state index contributed by atoms with van der Waals surface area (Å²) in [6.45, 7) is 0.523. The van der Waals surface area contributed by atoms with Crippen LogP contribution in [0.4, 0.5) is 0 Å². The Morgan fingerprint density at radius 2 is 1.00 bits per heavy atom. The summed E-state index contributed by atoms with van der Waals surface area (Å²) in [4.78, 5) is 31.3. The summed E-state index contributed by atoms with van der Waals surface area (Å²) in [5.41, 5.74) is 1.58. The van der Waals surface area contributed by atoms with Crippen LogP contribution in [0.15, 0.2) is 60.7 Å². The molecule has 8 fully saturated rings. The minimum atomic E-state index is -0.613. The Bertz CT molecular complexity index is 1880. The molecule has 9 heteroatoms. The van der Waals surface area contributed by atoms with Crippen molar-refractivity contribution in [3.63, 3.8) is 0 Å². The molecular formula is C44H51ClN2O6. The fraction of sp³-hybridized carbons (Fsp3) is 0.545. The van der Waals surface area contributed by atoms with Crippen LogP contribution in [0.5, 0.6) is 23.0 Å². The summed E-state index contributed by atoms with van der Waals surface area (Å²) in [6.07, 6.45) is 12.7. The Morgan fingerprint density at radius 1 is 0.566 bits per heavy atom. The molecule has 0 heterocycles. The van der Waals surface area contributed by atoms with Crippen molar-refractivity contribution in [1.29, 1.82) is 0 Å². The van der Waals surface area contributed by atoms with Gasteiger partial charge in [-0.05, 0) is 178 Å². The van der Waals surface area contributed by atoms with Crippen LogP contribution < -0.4 is 0 Å². The van der Waals surface area contributed by atoms with Gasteiger partial charge in [-0.15, -0.1) is 0 Å². The zero-order chi connectivity index (χ0) is 36.7. The Labute approximate surface area is 316 Å². The van der Waals surface area contributed by atoms with E-state index in [1.165, 1.54) is 37.0 Å². The van der Waals surface area contributed by atoms with Gasteiger partial charge in [-0.25, -0.2) is 0 Å². The van der Waals surface area contributed by atoms with Gasteiger partial charge in [0.2, 0.25) is 11.8 Å². The number of hydrazine groups is 1. The lowest BCUT2D eigenvalue weighted by Crippen LogP contribution is -2.65. The van der Waals surface area contributed by atoms with Gasteiger partial charge in [-0.3, -0.25) is 19.6 Å². The molecule has 3 aromatic rings. The van der Waals surface area contributed by atoms with Gasteiger partial charge >= 0.3 is 0 Å². The molecule has 8 aliphatic carbocycles. The molecule has 53 heavy (non-hydrogen) atoms. The molecule has 8 aliphatic rings. The highest BCUT2D eigenvalue weighted by Gasteiger charge is 2.63. The number of hydrogen-bond acceptors (Lipinski definition) is 6. The smallest absolute Gasteiger partial charge is 0.247 e. The van der Waals surface area contributed by atoms with E-state index in [9.17, 15) is 20.4 Å². The van der Waals surface area contributed by atoms with E-state index >= 15 is 9.59 Å². The lowest BCUT2D eigenvalue weighted by molar-refractivity contribution is -0.193. The van der Waals surface area contributed by atoms with Crippen LogP contribution in [0.25, 0.3) is 0 Å². The highest BCUT2D eigenvalue weighted by Crippen LogP contribution is 2.67. The van der Waals surface area contributed by atoms with Crippen LogP contribution in [-0.4, -0.2) is 55.3 Å². The first-order chi connectivity index (χ1) is 25.4. The number of carbonyl (C=O) groups is 2. The van der Waals surface area contributed by atoms with Crippen molar-refractivity contribution < 1.29 is 30.0 Å². The second-order valence-electron chi connectivity index (χ2n) is 18.2. The van der Waals surface area contributed by atoms with E-state index in [4.69, 9.17) is 11.6 Å².